The highest BCUT2D eigenvalue weighted by molar-refractivity contribution is 9.10. The van der Waals surface area contributed by atoms with Gasteiger partial charge in [-0.3, -0.25) is 0 Å². The predicted molar refractivity (Wildman–Crippen MR) is 68.8 cm³/mol. The van der Waals surface area contributed by atoms with E-state index in [9.17, 15) is 5.11 Å². The first-order valence-corrected chi connectivity index (χ1v) is 5.88. The molecule has 1 aromatic heterocycles. The minimum absolute atomic E-state index is 0.144. The summed E-state index contributed by atoms with van der Waals surface area (Å²) >= 11 is 3.38. The van der Waals surface area contributed by atoms with Crippen molar-refractivity contribution in [1.82, 2.24) is 4.98 Å². The van der Waals surface area contributed by atoms with Crippen molar-refractivity contribution in [3.8, 4) is 17.2 Å². The van der Waals surface area contributed by atoms with Gasteiger partial charge in [-0.05, 0) is 40.2 Å². The number of aromatic hydroxyl groups is 1. The van der Waals surface area contributed by atoms with E-state index in [1.165, 1.54) is 0 Å². The molecule has 0 aliphatic rings. The van der Waals surface area contributed by atoms with Crippen LogP contribution in [0.1, 0.15) is 0 Å². The zero-order chi connectivity index (χ0) is 11.8. The minimum Gasteiger partial charge on any atom is -0.507 e. The fourth-order valence-corrected chi connectivity index (χ4v) is 2.23. The molecule has 0 unspecified atom stereocenters. The summed E-state index contributed by atoms with van der Waals surface area (Å²) in [6.07, 6.45) is 0. The van der Waals surface area contributed by atoms with Crippen molar-refractivity contribution < 1.29 is 9.52 Å². The van der Waals surface area contributed by atoms with Gasteiger partial charge >= 0.3 is 0 Å². The molecule has 3 rings (SSSR count). The molecule has 2 aromatic carbocycles. The lowest BCUT2D eigenvalue weighted by Crippen LogP contribution is -1.80. The molecule has 4 heteroatoms. The van der Waals surface area contributed by atoms with E-state index >= 15 is 0 Å². The highest BCUT2D eigenvalue weighted by Crippen LogP contribution is 2.36. The highest BCUT2D eigenvalue weighted by atomic mass is 79.9. The predicted octanol–water partition coefficient (Wildman–Crippen LogP) is 3.96. The third-order valence-electron chi connectivity index (χ3n) is 2.50. The summed E-state index contributed by atoms with van der Waals surface area (Å²) in [5.74, 6) is 0.558. The number of para-hydroxylation sites is 2. The molecule has 0 aliphatic carbocycles. The standard InChI is InChI=1S/C13H8BrNO2/c14-8-4-3-6-10(16)12(8)13-15-9-5-1-2-7-11(9)17-13/h1-7,16H. The molecular weight excluding hydrogens is 282 g/mol. The maximum Gasteiger partial charge on any atom is 0.232 e. The van der Waals surface area contributed by atoms with Crippen LogP contribution in [0.5, 0.6) is 5.75 Å². The van der Waals surface area contributed by atoms with Gasteiger partial charge in [0.05, 0.1) is 5.56 Å². The number of phenolic OH excluding ortho intramolecular Hbond substituents is 1. The number of phenols is 1. The molecule has 0 radical (unpaired) electrons. The number of aromatic nitrogens is 1. The number of nitrogens with zero attached hydrogens (tertiary/aromatic N) is 1. The van der Waals surface area contributed by atoms with Crippen LogP contribution in [0.2, 0.25) is 0 Å². The van der Waals surface area contributed by atoms with Crippen molar-refractivity contribution >= 4 is 27.0 Å². The highest BCUT2D eigenvalue weighted by Gasteiger charge is 2.14. The van der Waals surface area contributed by atoms with Gasteiger partial charge in [-0.25, -0.2) is 4.98 Å². The zero-order valence-corrected chi connectivity index (χ0v) is 10.3. The first kappa shape index (κ1) is 10.4. The number of hydrogen-bond acceptors (Lipinski definition) is 3. The Morgan fingerprint density at radius 3 is 2.65 bits per heavy atom. The van der Waals surface area contributed by atoms with Crippen molar-refractivity contribution in [3.05, 3.63) is 46.9 Å². The Bertz CT molecular complexity index is 637. The number of halogens is 1. The Hall–Kier alpha value is -1.81. The van der Waals surface area contributed by atoms with Gasteiger partial charge in [0.25, 0.3) is 0 Å². The summed E-state index contributed by atoms with van der Waals surface area (Å²) in [5, 5.41) is 9.84. The minimum atomic E-state index is 0.144. The molecule has 1 N–H and O–H groups in total. The van der Waals surface area contributed by atoms with Crippen LogP contribution in [0.3, 0.4) is 0 Å². The molecule has 3 aromatic rings. The molecule has 0 saturated carbocycles. The zero-order valence-electron chi connectivity index (χ0n) is 8.72. The van der Waals surface area contributed by atoms with E-state index in [-0.39, 0.29) is 5.75 Å². The third-order valence-corrected chi connectivity index (χ3v) is 3.16. The Kier molecular flexibility index (Phi) is 2.37. The molecule has 0 saturated heterocycles. The van der Waals surface area contributed by atoms with Gasteiger partial charge in [0.2, 0.25) is 5.89 Å². The summed E-state index contributed by atoms with van der Waals surface area (Å²) in [4.78, 5) is 4.35. The van der Waals surface area contributed by atoms with Crippen LogP contribution in [-0.4, -0.2) is 10.1 Å². The normalized spacial score (nSPS) is 10.9. The molecular formula is C13H8BrNO2. The van der Waals surface area contributed by atoms with Crippen LogP contribution in [0.25, 0.3) is 22.6 Å². The van der Waals surface area contributed by atoms with Crippen LogP contribution in [0.4, 0.5) is 0 Å². The molecule has 17 heavy (non-hydrogen) atoms. The summed E-state index contributed by atoms with van der Waals surface area (Å²) in [5.41, 5.74) is 2.05. The van der Waals surface area contributed by atoms with Gasteiger partial charge in [0.15, 0.2) is 5.58 Å². The van der Waals surface area contributed by atoms with Crippen LogP contribution >= 0.6 is 15.9 Å². The van der Waals surface area contributed by atoms with E-state index in [0.717, 1.165) is 9.99 Å². The molecule has 1 heterocycles. The van der Waals surface area contributed by atoms with E-state index in [2.05, 4.69) is 20.9 Å². The summed E-state index contributed by atoms with van der Waals surface area (Å²) in [6.45, 7) is 0. The second-order valence-electron chi connectivity index (χ2n) is 3.62. The third kappa shape index (κ3) is 1.70. The van der Waals surface area contributed by atoms with Crippen LogP contribution in [0, 0.1) is 0 Å². The lowest BCUT2D eigenvalue weighted by Gasteiger charge is -2.01. The first-order chi connectivity index (χ1) is 8.25. The first-order valence-electron chi connectivity index (χ1n) is 5.09. The SMILES string of the molecule is Oc1cccc(Br)c1-c1nc2ccccc2o1. The average molecular weight is 290 g/mol. The molecule has 0 aliphatic heterocycles. The Morgan fingerprint density at radius 2 is 1.88 bits per heavy atom. The Labute approximate surface area is 106 Å². The fraction of sp³-hybridized carbons (Fsp3) is 0. The largest absolute Gasteiger partial charge is 0.507 e. The molecule has 84 valence electrons. The van der Waals surface area contributed by atoms with E-state index in [1.54, 1.807) is 12.1 Å². The molecule has 0 atom stereocenters. The van der Waals surface area contributed by atoms with Gasteiger partial charge in [0, 0.05) is 4.47 Å². The summed E-state index contributed by atoms with van der Waals surface area (Å²) in [6, 6.07) is 12.7. The number of rotatable bonds is 1. The smallest absolute Gasteiger partial charge is 0.232 e. The lowest BCUT2D eigenvalue weighted by molar-refractivity contribution is 0.473. The van der Waals surface area contributed by atoms with Crippen LogP contribution in [0.15, 0.2) is 51.4 Å². The lowest BCUT2D eigenvalue weighted by atomic mass is 10.2. The second kappa shape index (κ2) is 3.89. The van der Waals surface area contributed by atoms with Crippen molar-refractivity contribution in [2.45, 2.75) is 0 Å². The monoisotopic (exact) mass is 289 g/mol. The van der Waals surface area contributed by atoms with Gasteiger partial charge in [-0.15, -0.1) is 0 Å². The molecule has 0 fully saturated rings. The maximum absolute atomic E-state index is 9.84. The fourth-order valence-electron chi connectivity index (χ4n) is 1.70. The number of hydrogen-bond donors (Lipinski definition) is 1. The number of benzene rings is 2. The van der Waals surface area contributed by atoms with Crippen molar-refractivity contribution in [2.24, 2.45) is 0 Å². The molecule has 0 bridgehead atoms. The number of oxazole rings is 1. The van der Waals surface area contributed by atoms with Crippen molar-refractivity contribution in [3.63, 3.8) is 0 Å². The van der Waals surface area contributed by atoms with Crippen LogP contribution < -0.4 is 0 Å². The summed E-state index contributed by atoms with van der Waals surface area (Å²) in [7, 11) is 0. The average Bonchev–Trinajstić information content (AvgIpc) is 2.71. The molecule has 3 nitrogen and oxygen atoms in total. The maximum atomic E-state index is 9.84. The van der Waals surface area contributed by atoms with Crippen molar-refractivity contribution in [2.75, 3.05) is 0 Å². The number of fused-ring (bicyclic) bond motifs is 1. The van der Waals surface area contributed by atoms with Gasteiger partial charge in [0.1, 0.15) is 11.3 Å². The van der Waals surface area contributed by atoms with E-state index in [0.29, 0.717) is 17.0 Å². The van der Waals surface area contributed by atoms with E-state index in [4.69, 9.17) is 4.42 Å². The van der Waals surface area contributed by atoms with Gasteiger partial charge in [-0.1, -0.05) is 18.2 Å². The summed E-state index contributed by atoms with van der Waals surface area (Å²) < 4.78 is 6.37. The topological polar surface area (TPSA) is 46.3 Å². The van der Waals surface area contributed by atoms with Gasteiger partial charge < -0.3 is 9.52 Å². The molecule has 0 spiro atoms. The van der Waals surface area contributed by atoms with Crippen LogP contribution in [-0.2, 0) is 0 Å². The van der Waals surface area contributed by atoms with Gasteiger partial charge in [-0.2, -0.15) is 0 Å². The Morgan fingerprint density at radius 1 is 1.06 bits per heavy atom. The quantitative estimate of drug-likeness (QED) is 0.737. The Balaban J connectivity index is 2.27. The molecule has 0 amide bonds. The second-order valence-corrected chi connectivity index (χ2v) is 4.48. The van der Waals surface area contributed by atoms with E-state index < -0.39 is 0 Å². The van der Waals surface area contributed by atoms with E-state index in [1.807, 2.05) is 30.3 Å². The van der Waals surface area contributed by atoms with Crippen molar-refractivity contribution in [1.29, 1.82) is 0 Å².